The second-order valence-corrected chi connectivity index (χ2v) is 5.75. The third-order valence-corrected chi connectivity index (χ3v) is 4.07. The van der Waals surface area contributed by atoms with E-state index in [9.17, 15) is 14.7 Å². The second-order valence-electron chi connectivity index (χ2n) is 5.75. The lowest BCUT2D eigenvalue weighted by Gasteiger charge is -2.27. The summed E-state index contributed by atoms with van der Waals surface area (Å²) in [6.07, 6.45) is -0.709. The van der Waals surface area contributed by atoms with Crippen molar-refractivity contribution in [3.05, 3.63) is 47.5 Å². The van der Waals surface area contributed by atoms with Gasteiger partial charge in [-0.3, -0.25) is 0 Å². The number of methoxy groups -OCH3 is 2. The Labute approximate surface area is 155 Å². The highest BCUT2D eigenvalue weighted by Crippen LogP contribution is 2.42. The molecule has 0 fully saturated rings. The highest BCUT2D eigenvalue weighted by Gasteiger charge is 2.25. The Morgan fingerprint density at radius 1 is 1.00 bits per heavy atom. The smallest absolute Gasteiger partial charge is 0.507 e. The summed E-state index contributed by atoms with van der Waals surface area (Å²) in [5, 5.41) is 10.2. The molecule has 2 aromatic carbocycles. The lowest BCUT2D eigenvalue weighted by Crippen LogP contribution is -2.16. The number of rotatable bonds is 3. The van der Waals surface area contributed by atoms with Gasteiger partial charge in [-0.15, -0.1) is 0 Å². The molecule has 3 rings (SSSR count). The van der Waals surface area contributed by atoms with Crippen molar-refractivity contribution in [3.63, 3.8) is 0 Å². The van der Waals surface area contributed by atoms with Gasteiger partial charge in [-0.25, -0.2) is 9.59 Å². The molecule has 0 saturated carbocycles. The van der Waals surface area contributed by atoms with Crippen molar-refractivity contribution in [2.75, 3.05) is 14.2 Å². The molecule has 0 bridgehead atoms. The van der Waals surface area contributed by atoms with Gasteiger partial charge in [0, 0.05) is 17.7 Å². The molecule has 2 aromatic rings. The molecule has 1 N–H and O–H groups in total. The normalized spacial score (nSPS) is 15.1. The number of benzene rings is 2. The van der Waals surface area contributed by atoms with Gasteiger partial charge in [0.05, 0.1) is 14.2 Å². The molecule has 1 heterocycles. The summed E-state index contributed by atoms with van der Waals surface area (Å²) in [7, 11) is 2.43. The van der Waals surface area contributed by atoms with Crippen molar-refractivity contribution < 1.29 is 38.4 Å². The van der Waals surface area contributed by atoms with E-state index in [1.807, 2.05) is 0 Å². The fourth-order valence-electron chi connectivity index (χ4n) is 2.77. The van der Waals surface area contributed by atoms with Crippen LogP contribution in [0, 0.1) is 0 Å². The van der Waals surface area contributed by atoms with Crippen LogP contribution in [0.2, 0.25) is 0 Å². The number of aromatic hydroxyl groups is 1. The van der Waals surface area contributed by atoms with Crippen molar-refractivity contribution >= 4 is 12.3 Å². The first-order valence-electron chi connectivity index (χ1n) is 8.14. The molecule has 0 radical (unpaired) electrons. The molecular weight excluding hydrogens is 356 g/mol. The van der Waals surface area contributed by atoms with Crippen molar-refractivity contribution in [1.29, 1.82) is 0 Å². The molecule has 8 heteroatoms. The predicted molar refractivity (Wildman–Crippen MR) is 92.3 cm³/mol. The number of hydrogen-bond acceptors (Lipinski definition) is 8. The topological polar surface area (TPSA) is 101 Å². The number of ether oxygens (including phenoxy) is 5. The van der Waals surface area contributed by atoms with Crippen molar-refractivity contribution in [1.82, 2.24) is 0 Å². The second kappa shape index (κ2) is 7.86. The number of carbonyl (C=O) groups is 2. The maximum atomic E-state index is 11.3. The largest absolute Gasteiger partial charge is 0.513 e. The van der Waals surface area contributed by atoms with Crippen LogP contribution in [0.5, 0.6) is 23.0 Å². The van der Waals surface area contributed by atoms with E-state index < -0.39 is 12.3 Å². The molecule has 0 amide bonds. The first-order valence-corrected chi connectivity index (χ1v) is 8.14. The van der Waals surface area contributed by atoms with Crippen molar-refractivity contribution in [3.8, 4) is 23.0 Å². The summed E-state index contributed by atoms with van der Waals surface area (Å²) < 4.78 is 24.8. The fraction of sp³-hybridized carbons (Fsp3) is 0.263. The molecule has 0 aromatic heterocycles. The molecule has 0 aliphatic carbocycles. The summed E-state index contributed by atoms with van der Waals surface area (Å²) in [5.74, 6) is 0.903. The van der Waals surface area contributed by atoms with Gasteiger partial charge >= 0.3 is 12.3 Å². The van der Waals surface area contributed by atoms with Crippen LogP contribution in [0.15, 0.2) is 36.4 Å². The van der Waals surface area contributed by atoms with Crippen LogP contribution in [-0.2, 0) is 15.9 Å². The number of fused-ring (bicyclic) bond motifs is 1. The summed E-state index contributed by atoms with van der Waals surface area (Å²) in [6, 6.07) is 9.72. The number of phenols is 1. The van der Waals surface area contributed by atoms with E-state index in [2.05, 4.69) is 9.47 Å². The Hall–Kier alpha value is -3.42. The van der Waals surface area contributed by atoms with Crippen molar-refractivity contribution in [2.45, 2.75) is 18.9 Å². The Bertz CT molecular complexity index is 844. The summed E-state index contributed by atoms with van der Waals surface area (Å²) in [4.78, 5) is 22.4. The van der Waals surface area contributed by atoms with Crippen LogP contribution in [0.25, 0.3) is 0 Å². The van der Waals surface area contributed by atoms with E-state index in [1.54, 1.807) is 24.3 Å². The minimum Gasteiger partial charge on any atom is -0.507 e. The van der Waals surface area contributed by atoms with Crippen LogP contribution in [0.1, 0.15) is 23.7 Å². The third kappa shape index (κ3) is 4.22. The molecular formula is C19H18O8. The lowest BCUT2D eigenvalue weighted by molar-refractivity contribution is 0.120. The van der Waals surface area contributed by atoms with Crippen LogP contribution < -0.4 is 14.2 Å². The zero-order chi connectivity index (χ0) is 19.4. The van der Waals surface area contributed by atoms with E-state index in [0.717, 1.165) is 5.56 Å². The average Bonchev–Trinajstić information content (AvgIpc) is 2.68. The van der Waals surface area contributed by atoms with Crippen molar-refractivity contribution in [2.24, 2.45) is 0 Å². The minimum atomic E-state index is -0.886. The van der Waals surface area contributed by atoms with Crippen LogP contribution in [0.3, 0.4) is 0 Å². The van der Waals surface area contributed by atoms with Gasteiger partial charge in [0.25, 0.3) is 0 Å². The summed E-state index contributed by atoms with van der Waals surface area (Å²) >= 11 is 0. The predicted octanol–water partition coefficient (Wildman–Crippen LogP) is 3.75. The molecule has 27 heavy (non-hydrogen) atoms. The van der Waals surface area contributed by atoms with E-state index in [4.69, 9.17) is 14.2 Å². The molecule has 1 atom stereocenters. The van der Waals surface area contributed by atoms with Gasteiger partial charge in [-0.2, -0.15) is 0 Å². The van der Waals surface area contributed by atoms with E-state index in [1.165, 1.54) is 26.4 Å². The van der Waals surface area contributed by atoms with Gasteiger partial charge in [0.1, 0.15) is 29.1 Å². The molecule has 0 saturated heterocycles. The highest BCUT2D eigenvalue weighted by molar-refractivity contribution is 5.65. The maximum Gasteiger partial charge on any atom is 0.513 e. The monoisotopic (exact) mass is 374 g/mol. The Balaban J connectivity index is 1.77. The first-order chi connectivity index (χ1) is 13.0. The molecule has 142 valence electrons. The third-order valence-electron chi connectivity index (χ3n) is 4.07. The maximum absolute atomic E-state index is 11.3. The Morgan fingerprint density at radius 3 is 2.26 bits per heavy atom. The molecule has 0 spiro atoms. The SMILES string of the molecule is COC(=O)Oc1ccc(C2CCc3c(O)cc(OC(=O)OC)cc3O2)cc1. The minimum absolute atomic E-state index is 0.00770. The van der Waals surface area contributed by atoms with Gasteiger partial charge in [-0.1, -0.05) is 12.1 Å². The Kier molecular flexibility index (Phi) is 5.35. The molecule has 1 aliphatic rings. The fourth-order valence-corrected chi connectivity index (χ4v) is 2.77. The van der Waals surface area contributed by atoms with E-state index in [0.29, 0.717) is 29.9 Å². The van der Waals surface area contributed by atoms with Crippen LogP contribution in [0.4, 0.5) is 9.59 Å². The van der Waals surface area contributed by atoms with Gasteiger partial charge in [0.15, 0.2) is 0 Å². The number of hydrogen-bond donors (Lipinski definition) is 1. The van der Waals surface area contributed by atoms with Gasteiger partial charge in [-0.05, 0) is 30.5 Å². The highest BCUT2D eigenvalue weighted by atomic mass is 16.7. The molecule has 1 unspecified atom stereocenters. The lowest BCUT2D eigenvalue weighted by atomic mass is 9.96. The summed E-state index contributed by atoms with van der Waals surface area (Å²) in [5.41, 5.74) is 1.52. The van der Waals surface area contributed by atoms with E-state index >= 15 is 0 Å². The quantitative estimate of drug-likeness (QED) is 0.640. The van der Waals surface area contributed by atoms with Crippen LogP contribution in [-0.4, -0.2) is 31.6 Å². The molecule has 8 nitrogen and oxygen atoms in total. The standard InChI is InChI=1S/C19H18O8/c1-23-18(21)25-12-5-3-11(4-6-12)16-8-7-14-15(20)9-13(10-17(14)27-16)26-19(22)24-2/h3-6,9-10,16,20H,7-8H2,1-2H3. The zero-order valence-electron chi connectivity index (χ0n) is 14.8. The van der Waals surface area contributed by atoms with E-state index in [-0.39, 0.29) is 17.6 Å². The number of phenolic OH excluding ortho intramolecular Hbond substituents is 1. The van der Waals surface area contributed by atoms with Crippen LogP contribution >= 0.6 is 0 Å². The molecule has 1 aliphatic heterocycles. The van der Waals surface area contributed by atoms with Gasteiger partial charge < -0.3 is 28.8 Å². The summed E-state index contributed by atoms with van der Waals surface area (Å²) in [6.45, 7) is 0. The average molecular weight is 374 g/mol. The number of carbonyl (C=O) groups excluding carboxylic acids is 2. The van der Waals surface area contributed by atoms with Gasteiger partial charge in [0.2, 0.25) is 0 Å². The Morgan fingerprint density at radius 2 is 1.63 bits per heavy atom. The zero-order valence-corrected chi connectivity index (χ0v) is 14.8. The first kappa shape index (κ1) is 18.4.